The zero-order valence-corrected chi connectivity index (χ0v) is 15.3. The van der Waals surface area contributed by atoms with Crippen molar-refractivity contribution >= 4 is 5.91 Å². The van der Waals surface area contributed by atoms with Crippen LogP contribution in [0.5, 0.6) is 0 Å². The molecule has 1 N–H and O–H groups in total. The number of hydrogen-bond donors (Lipinski definition) is 1. The fourth-order valence-corrected chi connectivity index (χ4v) is 2.99. The predicted molar refractivity (Wildman–Crippen MR) is 97.1 cm³/mol. The molecule has 1 aromatic carbocycles. The summed E-state index contributed by atoms with van der Waals surface area (Å²) in [5.41, 5.74) is 4.26. The molecule has 0 bridgehead atoms. The number of rotatable bonds is 7. The van der Waals surface area contributed by atoms with Gasteiger partial charge in [-0.15, -0.1) is 0 Å². The fraction of sp³-hybridized carbons (Fsp3) is 0.474. The number of carbonyl (C=O) groups is 1. The van der Waals surface area contributed by atoms with E-state index in [1.165, 1.54) is 5.56 Å². The molecule has 0 aliphatic heterocycles. The minimum atomic E-state index is 0.0499. The van der Waals surface area contributed by atoms with Crippen molar-refractivity contribution in [3.05, 3.63) is 52.8 Å². The molecule has 2 aromatic rings. The van der Waals surface area contributed by atoms with Crippen LogP contribution in [-0.4, -0.2) is 47.8 Å². The van der Waals surface area contributed by atoms with Crippen LogP contribution in [0.3, 0.4) is 0 Å². The van der Waals surface area contributed by atoms with E-state index < -0.39 is 0 Å². The first-order chi connectivity index (χ1) is 11.4. The average molecular weight is 328 g/mol. The van der Waals surface area contributed by atoms with Crippen LogP contribution >= 0.6 is 0 Å². The van der Waals surface area contributed by atoms with Crippen molar-refractivity contribution in [1.29, 1.82) is 0 Å². The van der Waals surface area contributed by atoms with Gasteiger partial charge in [-0.1, -0.05) is 30.3 Å². The normalized spacial score (nSPS) is 12.4. The highest BCUT2D eigenvalue weighted by molar-refractivity contribution is 5.79. The summed E-state index contributed by atoms with van der Waals surface area (Å²) in [5.74, 6) is 0.329. The first-order valence-corrected chi connectivity index (χ1v) is 8.34. The van der Waals surface area contributed by atoms with Crippen LogP contribution < -0.4 is 5.32 Å². The Kier molecular flexibility index (Phi) is 6.15. The van der Waals surface area contributed by atoms with Crippen molar-refractivity contribution in [3.63, 3.8) is 0 Å². The van der Waals surface area contributed by atoms with E-state index in [2.05, 4.69) is 41.5 Å². The zero-order valence-electron chi connectivity index (χ0n) is 15.3. The second-order valence-electron chi connectivity index (χ2n) is 6.62. The SMILES string of the molecule is Cc1nn(C)c(C)c1CC(=O)NC[C@@H](CN(C)C)c1ccccc1. The van der Waals surface area contributed by atoms with Crippen molar-refractivity contribution in [1.82, 2.24) is 20.0 Å². The molecule has 1 heterocycles. The van der Waals surface area contributed by atoms with Gasteiger partial charge in [0.2, 0.25) is 5.91 Å². The molecule has 1 amide bonds. The first kappa shape index (κ1) is 18.2. The molecule has 0 fully saturated rings. The number of amides is 1. The number of aryl methyl sites for hydroxylation is 2. The lowest BCUT2D eigenvalue weighted by atomic mass is 9.98. The maximum Gasteiger partial charge on any atom is 0.224 e. The molecular formula is C19H28N4O. The minimum Gasteiger partial charge on any atom is -0.355 e. The quantitative estimate of drug-likeness (QED) is 0.846. The van der Waals surface area contributed by atoms with Gasteiger partial charge in [0.25, 0.3) is 0 Å². The maximum absolute atomic E-state index is 12.4. The Morgan fingerprint density at radius 3 is 2.46 bits per heavy atom. The van der Waals surface area contributed by atoms with Crippen LogP contribution in [0.1, 0.15) is 28.4 Å². The molecule has 5 heteroatoms. The molecule has 0 aliphatic carbocycles. The third kappa shape index (κ3) is 4.68. The highest BCUT2D eigenvalue weighted by Crippen LogP contribution is 2.16. The van der Waals surface area contributed by atoms with E-state index in [0.29, 0.717) is 13.0 Å². The first-order valence-electron chi connectivity index (χ1n) is 8.34. The smallest absolute Gasteiger partial charge is 0.224 e. The van der Waals surface area contributed by atoms with Crippen LogP contribution in [-0.2, 0) is 18.3 Å². The van der Waals surface area contributed by atoms with E-state index >= 15 is 0 Å². The maximum atomic E-state index is 12.4. The number of carbonyl (C=O) groups excluding carboxylic acids is 1. The molecule has 0 unspecified atom stereocenters. The third-order valence-electron chi connectivity index (χ3n) is 4.40. The van der Waals surface area contributed by atoms with E-state index in [1.54, 1.807) is 0 Å². The Bertz CT molecular complexity index is 676. The molecule has 1 aromatic heterocycles. The number of nitrogens with zero attached hydrogens (tertiary/aromatic N) is 3. The lowest BCUT2D eigenvalue weighted by molar-refractivity contribution is -0.120. The molecule has 2 rings (SSSR count). The van der Waals surface area contributed by atoms with Gasteiger partial charge in [0.15, 0.2) is 0 Å². The Labute approximate surface area is 144 Å². The second-order valence-corrected chi connectivity index (χ2v) is 6.62. The number of aromatic nitrogens is 2. The van der Waals surface area contributed by atoms with Gasteiger partial charge in [0.1, 0.15) is 0 Å². The van der Waals surface area contributed by atoms with E-state index in [0.717, 1.165) is 23.5 Å². The summed E-state index contributed by atoms with van der Waals surface area (Å²) >= 11 is 0. The molecule has 0 spiro atoms. The van der Waals surface area contributed by atoms with Gasteiger partial charge >= 0.3 is 0 Å². The van der Waals surface area contributed by atoms with Gasteiger partial charge in [-0.2, -0.15) is 5.10 Å². The number of benzene rings is 1. The van der Waals surface area contributed by atoms with Crippen molar-refractivity contribution in [3.8, 4) is 0 Å². The Hall–Kier alpha value is -2.14. The van der Waals surface area contributed by atoms with Gasteiger partial charge in [-0.25, -0.2) is 0 Å². The van der Waals surface area contributed by atoms with Gasteiger partial charge in [0.05, 0.1) is 12.1 Å². The predicted octanol–water partition coefficient (Wildman–Crippen LogP) is 2.04. The fourth-order valence-electron chi connectivity index (χ4n) is 2.99. The molecule has 0 saturated carbocycles. The summed E-state index contributed by atoms with van der Waals surface area (Å²) in [6, 6.07) is 10.3. The summed E-state index contributed by atoms with van der Waals surface area (Å²) < 4.78 is 1.83. The largest absolute Gasteiger partial charge is 0.355 e. The monoisotopic (exact) mass is 328 g/mol. The zero-order chi connectivity index (χ0) is 17.7. The Morgan fingerprint density at radius 1 is 1.25 bits per heavy atom. The standard InChI is InChI=1S/C19H28N4O/c1-14-18(15(2)23(5)21-14)11-19(24)20-12-17(13-22(3)4)16-9-7-6-8-10-16/h6-10,17H,11-13H2,1-5H3,(H,20,24)/t17-/m0/s1. The van der Waals surface area contributed by atoms with Crippen LogP contribution in [0.4, 0.5) is 0 Å². The van der Waals surface area contributed by atoms with Crippen molar-refractivity contribution in [2.45, 2.75) is 26.2 Å². The molecule has 0 saturated heterocycles. The number of likely N-dealkylation sites (N-methyl/N-ethyl adjacent to an activating group) is 1. The van der Waals surface area contributed by atoms with E-state index in [4.69, 9.17) is 0 Å². The van der Waals surface area contributed by atoms with Crippen molar-refractivity contribution in [2.24, 2.45) is 7.05 Å². The van der Waals surface area contributed by atoms with Crippen molar-refractivity contribution in [2.75, 3.05) is 27.2 Å². The minimum absolute atomic E-state index is 0.0499. The molecule has 5 nitrogen and oxygen atoms in total. The van der Waals surface area contributed by atoms with Crippen LogP contribution in [0.2, 0.25) is 0 Å². The molecule has 24 heavy (non-hydrogen) atoms. The summed E-state index contributed by atoms with van der Waals surface area (Å²) in [4.78, 5) is 14.5. The summed E-state index contributed by atoms with van der Waals surface area (Å²) in [6.45, 7) is 5.49. The highest BCUT2D eigenvalue weighted by Gasteiger charge is 2.16. The topological polar surface area (TPSA) is 50.2 Å². The lowest BCUT2D eigenvalue weighted by Crippen LogP contribution is -2.34. The molecule has 130 valence electrons. The van der Waals surface area contributed by atoms with Crippen LogP contribution in [0, 0.1) is 13.8 Å². The molecule has 1 atom stereocenters. The molecule has 0 radical (unpaired) electrons. The summed E-state index contributed by atoms with van der Waals surface area (Å²) in [6.07, 6.45) is 0.384. The molecule has 0 aliphatic rings. The van der Waals surface area contributed by atoms with Gasteiger partial charge < -0.3 is 10.2 Å². The second kappa shape index (κ2) is 8.11. The van der Waals surface area contributed by atoms with Gasteiger partial charge in [-0.3, -0.25) is 9.48 Å². The van der Waals surface area contributed by atoms with E-state index in [-0.39, 0.29) is 11.8 Å². The average Bonchev–Trinajstić information content (AvgIpc) is 2.78. The highest BCUT2D eigenvalue weighted by atomic mass is 16.1. The number of nitrogens with one attached hydrogen (secondary N) is 1. The summed E-state index contributed by atoms with van der Waals surface area (Å²) in [5, 5.41) is 7.47. The Morgan fingerprint density at radius 2 is 1.92 bits per heavy atom. The molecular weight excluding hydrogens is 300 g/mol. The Balaban J connectivity index is 1.99. The number of hydrogen-bond acceptors (Lipinski definition) is 3. The van der Waals surface area contributed by atoms with E-state index in [9.17, 15) is 4.79 Å². The van der Waals surface area contributed by atoms with Crippen molar-refractivity contribution < 1.29 is 4.79 Å². The third-order valence-corrected chi connectivity index (χ3v) is 4.40. The van der Waals surface area contributed by atoms with Crippen LogP contribution in [0.15, 0.2) is 30.3 Å². The van der Waals surface area contributed by atoms with E-state index in [1.807, 2.05) is 43.8 Å². The van der Waals surface area contributed by atoms with Crippen LogP contribution in [0.25, 0.3) is 0 Å². The van der Waals surface area contributed by atoms with Gasteiger partial charge in [-0.05, 0) is 33.5 Å². The summed E-state index contributed by atoms with van der Waals surface area (Å²) in [7, 11) is 6.02. The lowest BCUT2D eigenvalue weighted by Gasteiger charge is -2.22. The van der Waals surface area contributed by atoms with Gasteiger partial charge in [0, 0.05) is 37.3 Å².